The molecule has 0 spiro atoms. The van der Waals surface area contributed by atoms with Crippen LogP contribution in [0.4, 0.5) is 0 Å². The van der Waals surface area contributed by atoms with Crippen molar-refractivity contribution in [2.24, 2.45) is 5.92 Å². The topological polar surface area (TPSA) is 80.4 Å². The van der Waals surface area contributed by atoms with Crippen LogP contribution in [0.2, 0.25) is 0 Å². The Balaban J connectivity index is 1.94. The molecule has 24 heavy (non-hydrogen) atoms. The lowest BCUT2D eigenvalue weighted by Crippen LogP contribution is -2.41. The van der Waals surface area contributed by atoms with E-state index in [0.717, 1.165) is 30.7 Å². The van der Waals surface area contributed by atoms with E-state index in [1.807, 2.05) is 33.8 Å². The molecule has 1 aromatic rings. The van der Waals surface area contributed by atoms with Crippen molar-refractivity contribution in [3.63, 3.8) is 0 Å². The van der Waals surface area contributed by atoms with Crippen LogP contribution < -0.4 is 10.9 Å². The summed E-state index contributed by atoms with van der Waals surface area (Å²) in [5.41, 5.74) is 2.11. The predicted octanol–water partition coefficient (Wildman–Crippen LogP) is 1.83. The highest BCUT2D eigenvalue weighted by Crippen LogP contribution is 2.15. The number of hydrogen-bond donors (Lipinski definition) is 2. The Kier molecular flexibility index (Phi) is 6.57. The van der Waals surface area contributed by atoms with Gasteiger partial charge in [-0.25, -0.2) is 0 Å². The first-order valence-electron chi connectivity index (χ1n) is 8.58. The first-order chi connectivity index (χ1) is 11.4. The summed E-state index contributed by atoms with van der Waals surface area (Å²) in [6.07, 6.45) is 1.56. The molecule has 0 aliphatic carbocycles. The van der Waals surface area contributed by atoms with Gasteiger partial charge in [0.1, 0.15) is 6.10 Å². The molecule has 1 aliphatic heterocycles. The van der Waals surface area contributed by atoms with Crippen LogP contribution in [0.15, 0.2) is 10.9 Å². The molecule has 1 aliphatic rings. The first-order valence-corrected chi connectivity index (χ1v) is 8.58. The predicted molar refractivity (Wildman–Crippen MR) is 91.9 cm³/mol. The van der Waals surface area contributed by atoms with Gasteiger partial charge >= 0.3 is 0 Å². The second-order valence-electron chi connectivity index (χ2n) is 6.79. The van der Waals surface area contributed by atoms with Gasteiger partial charge in [0.25, 0.3) is 5.56 Å². The van der Waals surface area contributed by atoms with Crippen molar-refractivity contribution in [2.45, 2.75) is 59.3 Å². The Bertz CT molecular complexity index is 618. The second kappa shape index (κ2) is 8.44. The van der Waals surface area contributed by atoms with Crippen molar-refractivity contribution in [3.8, 4) is 0 Å². The molecule has 2 heterocycles. The zero-order valence-corrected chi connectivity index (χ0v) is 15.0. The number of nitrogens with one attached hydrogen (secondary N) is 2. The average Bonchev–Trinajstić information content (AvgIpc) is 2.99. The summed E-state index contributed by atoms with van der Waals surface area (Å²) in [6.45, 7) is 9.00. The number of amides is 1. The van der Waals surface area contributed by atoms with Gasteiger partial charge in [0, 0.05) is 24.4 Å². The molecule has 1 fully saturated rings. The molecule has 0 aromatic carbocycles. The molecule has 134 valence electrons. The molecule has 0 saturated carbocycles. The van der Waals surface area contributed by atoms with Gasteiger partial charge in [-0.15, -0.1) is 0 Å². The SMILES string of the molecule is Cc1cc(C)c(CNC(=O)C(OCC2CCCO2)C(C)C)c(=O)[nH]1. The standard InChI is InChI=1S/C18H28N2O4/c1-11(2)16(24-10-14-6-5-7-23-14)18(22)19-9-15-12(3)8-13(4)20-17(15)21/h8,11,14,16H,5-7,9-10H2,1-4H3,(H,19,22)(H,20,21). The molecule has 2 rings (SSSR count). The molecule has 2 atom stereocenters. The van der Waals surface area contributed by atoms with Crippen molar-refractivity contribution >= 4 is 5.91 Å². The number of ether oxygens (including phenoxy) is 2. The van der Waals surface area contributed by atoms with Crippen LogP contribution in [-0.2, 0) is 20.8 Å². The van der Waals surface area contributed by atoms with E-state index in [1.54, 1.807) is 0 Å². The number of aromatic amines is 1. The van der Waals surface area contributed by atoms with Gasteiger partial charge in [-0.1, -0.05) is 13.8 Å². The summed E-state index contributed by atoms with van der Waals surface area (Å²) in [6, 6.07) is 1.90. The minimum atomic E-state index is -0.543. The fraction of sp³-hybridized carbons (Fsp3) is 0.667. The Morgan fingerprint density at radius 1 is 1.46 bits per heavy atom. The van der Waals surface area contributed by atoms with E-state index in [4.69, 9.17) is 9.47 Å². The fourth-order valence-electron chi connectivity index (χ4n) is 2.94. The molecule has 1 amide bonds. The van der Waals surface area contributed by atoms with E-state index in [-0.39, 0.29) is 30.0 Å². The van der Waals surface area contributed by atoms with Crippen molar-refractivity contribution < 1.29 is 14.3 Å². The summed E-state index contributed by atoms with van der Waals surface area (Å²) >= 11 is 0. The van der Waals surface area contributed by atoms with E-state index in [0.29, 0.717) is 12.2 Å². The highest BCUT2D eigenvalue weighted by molar-refractivity contribution is 5.81. The lowest BCUT2D eigenvalue weighted by atomic mass is 10.1. The number of aryl methyl sites for hydroxylation is 2. The highest BCUT2D eigenvalue weighted by atomic mass is 16.5. The van der Waals surface area contributed by atoms with Crippen molar-refractivity contribution in [3.05, 3.63) is 33.2 Å². The van der Waals surface area contributed by atoms with Crippen LogP contribution in [-0.4, -0.2) is 36.3 Å². The molecule has 2 unspecified atom stereocenters. The van der Waals surface area contributed by atoms with Gasteiger partial charge in [-0.05, 0) is 44.2 Å². The maximum atomic E-state index is 12.5. The summed E-state index contributed by atoms with van der Waals surface area (Å²) in [5.74, 6) is -0.147. The van der Waals surface area contributed by atoms with Crippen LogP contribution in [0.25, 0.3) is 0 Å². The number of pyridine rings is 1. The molecule has 2 N–H and O–H groups in total. The quantitative estimate of drug-likeness (QED) is 0.796. The molecule has 6 nitrogen and oxygen atoms in total. The molecule has 6 heteroatoms. The second-order valence-corrected chi connectivity index (χ2v) is 6.79. The van der Waals surface area contributed by atoms with Crippen molar-refractivity contribution in [2.75, 3.05) is 13.2 Å². The van der Waals surface area contributed by atoms with Crippen LogP contribution >= 0.6 is 0 Å². The third kappa shape index (κ3) is 4.92. The molecular formula is C18H28N2O4. The zero-order valence-electron chi connectivity index (χ0n) is 15.0. The molecular weight excluding hydrogens is 308 g/mol. The number of carbonyl (C=O) groups excluding carboxylic acids is 1. The van der Waals surface area contributed by atoms with Gasteiger partial charge in [-0.2, -0.15) is 0 Å². The highest BCUT2D eigenvalue weighted by Gasteiger charge is 2.26. The number of rotatable bonds is 7. The van der Waals surface area contributed by atoms with Gasteiger partial charge in [0.05, 0.1) is 12.7 Å². The third-order valence-corrected chi connectivity index (χ3v) is 4.28. The van der Waals surface area contributed by atoms with Gasteiger partial charge < -0.3 is 19.8 Å². The Morgan fingerprint density at radius 3 is 2.79 bits per heavy atom. The third-order valence-electron chi connectivity index (χ3n) is 4.28. The Morgan fingerprint density at radius 2 is 2.21 bits per heavy atom. The zero-order chi connectivity index (χ0) is 17.7. The maximum Gasteiger partial charge on any atom is 0.253 e. The summed E-state index contributed by atoms with van der Waals surface area (Å²) in [4.78, 5) is 27.2. The normalized spacial score (nSPS) is 18.8. The van der Waals surface area contributed by atoms with E-state index < -0.39 is 6.10 Å². The first kappa shape index (κ1) is 18.7. The van der Waals surface area contributed by atoms with Crippen molar-refractivity contribution in [1.29, 1.82) is 0 Å². The minimum absolute atomic E-state index is 0.0452. The molecule has 0 radical (unpaired) electrons. The summed E-state index contributed by atoms with van der Waals surface area (Å²) < 4.78 is 11.3. The number of hydrogen-bond acceptors (Lipinski definition) is 4. The Hall–Kier alpha value is -1.66. The Labute approximate surface area is 142 Å². The van der Waals surface area contributed by atoms with Gasteiger partial charge in [0.15, 0.2) is 0 Å². The largest absolute Gasteiger partial charge is 0.376 e. The lowest BCUT2D eigenvalue weighted by molar-refractivity contribution is -0.138. The lowest BCUT2D eigenvalue weighted by Gasteiger charge is -2.22. The van der Waals surface area contributed by atoms with Crippen LogP contribution in [0.1, 0.15) is 43.5 Å². The van der Waals surface area contributed by atoms with E-state index in [9.17, 15) is 9.59 Å². The maximum absolute atomic E-state index is 12.5. The molecule has 1 saturated heterocycles. The number of carbonyl (C=O) groups is 1. The van der Waals surface area contributed by atoms with Crippen LogP contribution in [0.5, 0.6) is 0 Å². The van der Waals surface area contributed by atoms with E-state index in [1.165, 1.54) is 0 Å². The smallest absolute Gasteiger partial charge is 0.253 e. The fourth-order valence-corrected chi connectivity index (χ4v) is 2.94. The van der Waals surface area contributed by atoms with Gasteiger partial charge in [-0.3, -0.25) is 9.59 Å². The number of H-pyrrole nitrogens is 1. The van der Waals surface area contributed by atoms with Crippen LogP contribution in [0, 0.1) is 19.8 Å². The summed E-state index contributed by atoms with van der Waals surface area (Å²) in [5, 5.41) is 2.83. The van der Waals surface area contributed by atoms with Crippen molar-refractivity contribution in [1.82, 2.24) is 10.3 Å². The number of aromatic nitrogens is 1. The molecule has 0 bridgehead atoms. The minimum Gasteiger partial charge on any atom is -0.376 e. The monoisotopic (exact) mass is 336 g/mol. The average molecular weight is 336 g/mol. The van der Waals surface area contributed by atoms with E-state index >= 15 is 0 Å². The summed E-state index contributed by atoms with van der Waals surface area (Å²) in [7, 11) is 0. The van der Waals surface area contributed by atoms with Gasteiger partial charge in [0.2, 0.25) is 5.91 Å². The molecule has 1 aromatic heterocycles. The van der Waals surface area contributed by atoms with E-state index in [2.05, 4.69) is 10.3 Å². The van der Waals surface area contributed by atoms with Crippen LogP contribution in [0.3, 0.4) is 0 Å².